The Morgan fingerprint density at radius 1 is 1.42 bits per heavy atom. The van der Waals surface area contributed by atoms with Gasteiger partial charge in [-0.2, -0.15) is 0 Å². The summed E-state index contributed by atoms with van der Waals surface area (Å²) in [6.45, 7) is 5.70. The van der Waals surface area contributed by atoms with Gasteiger partial charge in [-0.3, -0.25) is 4.79 Å². The molecule has 1 heterocycles. The maximum Gasteiger partial charge on any atom is 0.379 e. The van der Waals surface area contributed by atoms with E-state index in [9.17, 15) is 9.59 Å². The topological polar surface area (TPSA) is 52.6 Å². The average Bonchev–Trinajstić information content (AvgIpc) is 2.63. The Hall–Kier alpha value is -1.55. The van der Waals surface area contributed by atoms with E-state index < -0.39 is 11.8 Å². The van der Waals surface area contributed by atoms with Gasteiger partial charge in [0.15, 0.2) is 0 Å². The highest BCUT2D eigenvalue weighted by Crippen LogP contribution is 2.41. The number of rotatable bonds is 3. The van der Waals surface area contributed by atoms with Crippen molar-refractivity contribution in [1.29, 1.82) is 0 Å². The molecule has 0 saturated carbocycles. The van der Waals surface area contributed by atoms with E-state index in [1.54, 1.807) is 13.0 Å². The van der Waals surface area contributed by atoms with Crippen LogP contribution in [0.4, 0.5) is 0 Å². The van der Waals surface area contributed by atoms with Gasteiger partial charge in [0.1, 0.15) is 11.4 Å². The monoisotopic (exact) mass is 282 g/mol. The predicted molar refractivity (Wildman–Crippen MR) is 70.8 cm³/mol. The molecule has 0 amide bonds. The third-order valence-electron chi connectivity index (χ3n) is 2.84. The first-order valence-corrected chi connectivity index (χ1v) is 6.45. The fourth-order valence-electron chi connectivity index (χ4n) is 2.11. The zero-order chi connectivity index (χ0) is 14.2. The Bertz CT molecular complexity index is 549. The van der Waals surface area contributed by atoms with Crippen molar-refractivity contribution in [3.05, 3.63) is 28.3 Å². The highest BCUT2D eigenvalue weighted by atomic mass is 35.5. The Labute approximate surface area is 116 Å². The Balaban J connectivity index is 2.34. The molecule has 0 aliphatic carbocycles. The van der Waals surface area contributed by atoms with Gasteiger partial charge in [-0.15, -0.1) is 0 Å². The molecule has 0 atom stereocenters. The minimum Gasteiger partial charge on any atom is -0.486 e. The number of esters is 1. The van der Waals surface area contributed by atoms with E-state index in [0.29, 0.717) is 17.2 Å². The van der Waals surface area contributed by atoms with Gasteiger partial charge in [0, 0.05) is 17.5 Å². The molecule has 4 nitrogen and oxygen atoms in total. The number of carbonyl (C=O) groups is 2. The van der Waals surface area contributed by atoms with Gasteiger partial charge in [-0.25, -0.2) is 4.79 Å². The molecule has 1 aliphatic heterocycles. The Kier molecular flexibility index (Phi) is 3.54. The van der Waals surface area contributed by atoms with Crippen LogP contribution in [0, 0.1) is 0 Å². The van der Waals surface area contributed by atoms with Gasteiger partial charge in [-0.1, -0.05) is 11.6 Å². The van der Waals surface area contributed by atoms with Crippen molar-refractivity contribution < 1.29 is 19.1 Å². The Morgan fingerprint density at radius 3 is 2.74 bits per heavy atom. The second kappa shape index (κ2) is 4.85. The third-order valence-corrected chi connectivity index (χ3v) is 3.12. The maximum atomic E-state index is 11.9. The normalized spacial score (nSPS) is 15.6. The summed E-state index contributed by atoms with van der Waals surface area (Å²) in [5.41, 5.74) is 0.728. The second-order valence-electron chi connectivity index (χ2n) is 5.03. The van der Waals surface area contributed by atoms with E-state index in [-0.39, 0.29) is 17.8 Å². The summed E-state index contributed by atoms with van der Waals surface area (Å²) in [7, 11) is 0. The summed E-state index contributed by atoms with van der Waals surface area (Å²) in [6.07, 6.45) is 0.645. The molecular formula is C14H15ClO4. The lowest BCUT2D eigenvalue weighted by Gasteiger charge is -2.17. The molecule has 0 spiro atoms. The minimum absolute atomic E-state index is 0.166. The molecule has 0 radical (unpaired) electrons. The second-order valence-corrected chi connectivity index (χ2v) is 5.44. The van der Waals surface area contributed by atoms with Gasteiger partial charge in [0.2, 0.25) is 0 Å². The summed E-state index contributed by atoms with van der Waals surface area (Å²) in [5.74, 6) is -0.958. The van der Waals surface area contributed by atoms with Crippen LogP contribution in [0.15, 0.2) is 12.1 Å². The molecule has 0 aromatic heterocycles. The van der Waals surface area contributed by atoms with Gasteiger partial charge < -0.3 is 9.47 Å². The maximum absolute atomic E-state index is 11.9. The molecule has 19 heavy (non-hydrogen) atoms. The number of benzene rings is 1. The van der Waals surface area contributed by atoms with Gasteiger partial charge >= 0.3 is 5.97 Å². The predicted octanol–water partition coefficient (Wildman–Crippen LogP) is 2.80. The fraction of sp³-hybridized carbons (Fsp3) is 0.429. The average molecular weight is 283 g/mol. The number of ketones is 1. The van der Waals surface area contributed by atoms with Gasteiger partial charge in [0.05, 0.1) is 11.6 Å². The lowest BCUT2D eigenvalue weighted by molar-refractivity contribution is -0.137. The van der Waals surface area contributed by atoms with Gasteiger partial charge in [0.25, 0.3) is 5.78 Å². The molecule has 0 bridgehead atoms. The molecule has 5 heteroatoms. The largest absolute Gasteiger partial charge is 0.486 e. The van der Waals surface area contributed by atoms with Crippen LogP contribution in [-0.2, 0) is 16.0 Å². The van der Waals surface area contributed by atoms with Crippen LogP contribution >= 0.6 is 11.6 Å². The third kappa shape index (κ3) is 2.73. The molecule has 2 rings (SSSR count). The smallest absolute Gasteiger partial charge is 0.379 e. The van der Waals surface area contributed by atoms with Crippen molar-refractivity contribution in [2.75, 3.05) is 6.61 Å². The first kappa shape index (κ1) is 13.9. The molecule has 1 aliphatic rings. The highest BCUT2D eigenvalue weighted by Gasteiger charge is 2.33. The van der Waals surface area contributed by atoms with E-state index in [2.05, 4.69) is 0 Å². The molecule has 1 aromatic rings. The molecule has 0 unspecified atom stereocenters. The van der Waals surface area contributed by atoms with Crippen molar-refractivity contribution >= 4 is 23.4 Å². The van der Waals surface area contributed by atoms with E-state index in [1.165, 1.54) is 6.07 Å². The molecule has 0 N–H and O–H groups in total. The van der Waals surface area contributed by atoms with E-state index in [1.807, 2.05) is 13.8 Å². The number of ether oxygens (including phenoxy) is 2. The quantitative estimate of drug-likeness (QED) is 0.486. The van der Waals surface area contributed by atoms with Crippen molar-refractivity contribution in [2.45, 2.75) is 32.8 Å². The molecule has 0 fully saturated rings. The minimum atomic E-state index is -0.864. The number of carbonyl (C=O) groups excluding carboxylic acids is 2. The van der Waals surface area contributed by atoms with Crippen molar-refractivity contribution in [3.8, 4) is 5.75 Å². The van der Waals surface area contributed by atoms with Crippen molar-refractivity contribution in [3.63, 3.8) is 0 Å². The molecular weight excluding hydrogens is 268 g/mol. The van der Waals surface area contributed by atoms with E-state index in [0.717, 1.165) is 5.56 Å². The van der Waals surface area contributed by atoms with Crippen LogP contribution in [0.5, 0.6) is 5.75 Å². The van der Waals surface area contributed by atoms with Crippen LogP contribution < -0.4 is 4.74 Å². The molecule has 0 saturated heterocycles. The van der Waals surface area contributed by atoms with Crippen LogP contribution in [-0.4, -0.2) is 24.0 Å². The van der Waals surface area contributed by atoms with Crippen LogP contribution in [0.2, 0.25) is 5.02 Å². The molecule has 1 aromatic carbocycles. The van der Waals surface area contributed by atoms with Crippen LogP contribution in [0.25, 0.3) is 0 Å². The summed E-state index contributed by atoms with van der Waals surface area (Å²) in [6, 6.07) is 3.09. The first-order chi connectivity index (χ1) is 8.84. The number of fused-ring (bicyclic) bond motifs is 1. The lowest BCUT2D eigenvalue weighted by Crippen LogP contribution is -2.24. The van der Waals surface area contributed by atoms with E-state index in [4.69, 9.17) is 21.1 Å². The van der Waals surface area contributed by atoms with Crippen molar-refractivity contribution in [1.82, 2.24) is 0 Å². The van der Waals surface area contributed by atoms with E-state index >= 15 is 0 Å². The van der Waals surface area contributed by atoms with Crippen LogP contribution in [0.1, 0.15) is 36.7 Å². The summed E-state index contributed by atoms with van der Waals surface area (Å²) in [4.78, 5) is 23.3. The zero-order valence-corrected chi connectivity index (χ0v) is 11.8. The summed E-state index contributed by atoms with van der Waals surface area (Å²) >= 11 is 6.10. The first-order valence-electron chi connectivity index (χ1n) is 6.07. The zero-order valence-electron chi connectivity index (χ0n) is 11.1. The molecule has 102 valence electrons. The lowest BCUT2D eigenvalue weighted by atomic mass is 9.99. The van der Waals surface area contributed by atoms with Gasteiger partial charge in [-0.05, 0) is 32.9 Å². The van der Waals surface area contributed by atoms with Crippen LogP contribution in [0.3, 0.4) is 0 Å². The summed E-state index contributed by atoms with van der Waals surface area (Å²) < 4.78 is 10.4. The number of halogens is 1. The SMILES string of the molecule is CCOC(=O)C(=O)c1cc(Cl)c2c(c1)CC(C)(C)O2. The number of hydrogen-bond acceptors (Lipinski definition) is 4. The number of hydrogen-bond donors (Lipinski definition) is 0. The summed E-state index contributed by atoms with van der Waals surface area (Å²) in [5, 5.41) is 0.343. The fourth-order valence-corrected chi connectivity index (χ4v) is 2.39. The highest BCUT2D eigenvalue weighted by molar-refractivity contribution is 6.41. The number of Topliss-reactive ketones (excluding diaryl/α,β-unsaturated/α-hetero) is 1. The van der Waals surface area contributed by atoms with Crippen molar-refractivity contribution in [2.24, 2.45) is 0 Å². The Morgan fingerprint density at radius 2 is 2.11 bits per heavy atom. The standard InChI is InChI=1S/C14H15ClO4/c1-4-18-13(17)11(16)8-5-9-7-14(2,3)19-12(9)10(15)6-8/h5-6H,4,7H2,1-3H3.